The molecular formula is C27H47BrO7Si. The maximum atomic E-state index is 12.2. The zero-order valence-corrected chi connectivity index (χ0v) is 26.3. The van der Waals surface area contributed by atoms with Gasteiger partial charge < -0.3 is 28.1 Å². The van der Waals surface area contributed by atoms with E-state index in [0.717, 1.165) is 12.0 Å². The van der Waals surface area contributed by atoms with Gasteiger partial charge in [-0.3, -0.25) is 4.79 Å². The van der Waals surface area contributed by atoms with Crippen molar-refractivity contribution in [2.45, 2.75) is 102 Å². The van der Waals surface area contributed by atoms with Crippen molar-refractivity contribution in [3.05, 3.63) is 34.9 Å². The van der Waals surface area contributed by atoms with Gasteiger partial charge in [0, 0.05) is 34.2 Å². The number of ether oxygens (including phenoxy) is 5. The highest BCUT2D eigenvalue weighted by Gasteiger charge is 2.48. The highest BCUT2D eigenvalue weighted by molar-refractivity contribution is 9.11. The van der Waals surface area contributed by atoms with Crippen LogP contribution >= 0.6 is 15.9 Å². The van der Waals surface area contributed by atoms with Gasteiger partial charge in [0.15, 0.2) is 14.1 Å². The van der Waals surface area contributed by atoms with Gasteiger partial charge in [-0.25, -0.2) is 0 Å². The molecular weight excluding hydrogens is 544 g/mol. The van der Waals surface area contributed by atoms with Crippen LogP contribution in [0.2, 0.25) is 18.1 Å². The predicted octanol–water partition coefficient (Wildman–Crippen LogP) is 6.29. The third kappa shape index (κ3) is 10.2. The standard InChI is InChI=1S/C27H47BrO7Si/c1-20(13-14-21(30-5)12-11-15-28)16-24(35-36(9,10)26(2,3)4)23-17-22(31-6)18-27(33-8,34-23)19-25(29)32-7/h11,13-16,21-24H,12,17-19H2,1-10H3/b14-13+,15-11+,20-16+/t21-,22-,23-,24-,27+/m1/s1. The fourth-order valence-electron chi connectivity index (χ4n) is 3.80. The highest BCUT2D eigenvalue weighted by Crippen LogP contribution is 2.41. The van der Waals surface area contributed by atoms with Crippen molar-refractivity contribution in [1.29, 1.82) is 0 Å². The molecule has 0 aromatic rings. The lowest BCUT2D eigenvalue weighted by atomic mass is 9.92. The van der Waals surface area contributed by atoms with Gasteiger partial charge in [0.25, 0.3) is 0 Å². The van der Waals surface area contributed by atoms with E-state index in [1.807, 2.05) is 30.1 Å². The number of esters is 1. The molecule has 0 spiro atoms. The second-order valence-electron chi connectivity index (χ2n) is 10.8. The van der Waals surface area contributed by atoms with E-state index in [9.17, 15) is 4.79 Å². The summed E-state index contributed by atoms with van der Waals surface area (Å²) in [5, 5.41) is 0.00563. The minimum absolute atomic E-state index is 0.00563. The lowest BCUT2D eigenvalue weighted by Gasteiger charge is -2.47. The first-order chi connectivity index (χ1) is 16.8. The Balaban J connectivity index is 3.39. The van der Waals surface area contributed by atoms with Gasteiger partial charge in [0.05, 0.1) is 37.9 Å². The van der Waals surface area contributed by atoms with Gasteiger partial charge in [-0.1, -0.05) is 66.6 Å². The van der Waals surface area contributed by atoms with E-state index in [0.29, 0.717) is 12.8 Å². The zero-order valence-electron chi connectivity index (χ0n) is 23.8. The van der Waals surface area contributed by atoms with Crippen molar-refractivity contribution in [3.63, 3.8) is 0 Å². The monoisotopic (exact) mass is 590 g/mol. The van der Waals surface area contributed by atoms with E-state index in [4.69, 9.17) is 28.1 Å². The van der Waals surface area contributed by atoms with Crippen LogP contribution in [-0.2, 0) is 32.9 Å². The Labute approximate surface area is 227 Å². The van der Waals surface area contributed by atoms with Crippen molar-refractivity contribution in [1.82, 2.24) is 0 Å². The van der Waals surface area contributed by atoms with Gasteiger partial charge in [-0.05, 0) is 36.5 Å². The van der Waals surface area contributed by atoms with Crippen LogP contribution in [0.15, 0.2) is 34.9 Å². The normalized spacial score (nSPS) is 25.9. The van der Waals surface area contributed by atoms with E-state index in [1.165, 1.54) is 7.11 Å². The summed E-state index contributed by atoms with van der Waals surface area (Å²) < 4.78 is 35.5. The number of hydrogen-bond donors (Lipinski definition) is 0. The lowest BCUT2D eigenvalue weighted by Crippen LogP contribution is -2.55. The summed E-state index contributed by atoms with van der Waals surface area (Å²) >= 11 is 3.31. The van der Waals surface area contributed by atoms with Crippen LogP contribution in [0.25, 0.3) is 0 Å². The fourth-order valence-corrected chi connectivity index (χ4v) is 5.27. The Bertz CT molecular complexity index is 775. The second kappa shape index (κ2) is 14.9. The third-order valence-electron chi connectivity index (χ3n) is 7.11. The Kier molecular flexibility index (Phi) is 13.8. The van der Waals surface area contributed by atoms with Gasteiger partial charge >= 0.3 is 5.97 Å². The quantitative estimate of drug-likeness (QED) is 0.142. The Hall–Kier alpha value is -0.813. The molecule has 1 saturated heterocycles. The highest BCUT2D eigenvalue weighted by atomic mass is 79.9. The van der Waals surface area contributed by atoms with E-state index >= 15 is 0 Å². The average Bonchev–Trinajstić information content (AvgIpc) is 2.82. The van der Waals surface area contributed by atoms with E-state index in [1.54, 1.807) is 21.3 Å². The SMILES string of the molecule is COC(=O)C[C@]1(OC)C[C@H](OC)C[C@H]([C@@H](/C=C(C)/C=C/[C@@H](C/C=C/Br)OC)O[Si](C)(C)C(C)(C)C)O1. The first-order valence-corrected chi connectivity index (χ1v) is 16.2. The van der Waals surface area contributed by atoms with Gasteiger partial charge in [-0.2, -0.15) is 0 Å². The topological polar surface area (TPSA) is 72.5 Å². The molecule has 1 fully saturated rings. The summed E-state index contributed by atoms with van der Waals surface area (Å²) in [5.41, 5.74) is 1.03. The molecule has 9 heteroatoms. The molecule has 0 unspecified atom stereocenters. The van der Waals surface area contributed by atoms with Crippen LogP contribution in [0.3, 0.4) is 0 Å². The summed E-state index contributed by atoms with van der Waals surface area (Å²) in [5.74, 6) is -1.54. The van der Waals surface area contributed by atoms with Crippen molar-refractivity contribution >= 4 is 30.2 Å². The Morgan fingerprint density at radius 1 is 1.22 bits per heavy atom. The Morgan fingerprint density at radius 2 is 1.89 bits per heavy atom. The molecule has 0 N–H and O–H groups in total. The maximum absolute atomic E-state index is 12.2. The minimum Gasteiger partial charge on any atom is -0.469 e. The fraction of sp³-hybridized carbons (Fsp3) is 0.741. The van der Waals surface area contributed by atoms with Crippen LogP contribution in [0.4, 0.5) is 0 Å². The first kappa shape index (κ1) is 33.2. The van der Waals surface area contributed by atoms with Gasteiger partial charge in [0.2, 0.25) is 0 Å². The van der Waals surface area contributed by atoms with E-state index in [2.05, 4.69) is 55.9 Å². The zero-order chi connectivity index (χ0) is 27.6. The van der Waals surface area contributed by atoms with E-state index < -0.39 is 20.1 Å². The van der Waals surface area contributed by atoms with Crippen molar-refractivity contribution in [3.8, 4) is 0 Å². The van der Waals surface area contributed by atoms with Gasteiger partial charge in [0.1, 0.15) is 0 Å². The van der Waals surface area contributed by atoms with Crippen LogP contribution in [0.5, 0.6) is 0 Å². The minimum atomic E-state index is -2.18. The summed E-state index contributed by atoms with van der Waals surface area (Å²) in [6.07, 6.45) is 9.06. The second-order valence-corrected chi connectivity index (χ2v) is 16.1. The van der Waals surface area contributed by atoms with E-state index in [-0.39, 0.29) is 35.9 Å². The molecule has 0 bridgehead atoms. The number of carbonyl (C=O) groups excluding carboxylic acids is 1. The molecule has 0 saturated carbocycles. The number of methoxy groups -OCH3 is 4. The molecule has 0 aliphatic carbocycles. The number of allylic oxidation sites excluding steroid dienone is 2. The van der Waals surface area contributed by atoms with Crippen molar-refractivity contribution < 1.29 is 32.9 Å². The van der Waals surface area contributed by atoms with Crippen LogP contribution in [0, 0.1) is 0 Å². The number of rotatable bonds is 13. The molecule has 0 amide bonds. The van der Waals surface area contributed by atoms with Crippen LogP contribution in [0.1, 0.15) is 53.4 Å². The molecule has 1 aliphatic rings. The molecule has 0 radical (unpaired) electrons. The summed E-state index contributed by atoms with van der Waals surface area (Å²) in [4.78, 5) is 14.1. The summed E-state index contributed by atoms with van der Waals surface area (Å²) in [6, 6.07) is 0. The molecule has 5 atom stereocenters. The smallest absolute Gasteiger partial charge is 0.310 e. The average molecular weight is 592 g/mol. The molecule has 1 aliphatic heterocycles. The molecule has 36 heavy (non-hydrogen) atoms. The number of carbonyl (C=O) groups is 1. The molecule has 0 aromatic heterocycles. The molecule has 7 nitrogen and oxygen atoms in total. The van der Waals surface area contributed by atoms with Crippen LogP contribution in [-0.4, -0.2) is 72.9 Å². The van der Waals surface area contributed by atoms with Gasteiger partial charge in [-0.15, -0.1) is 0 Å². The molecule has 208 valence electrons. The maximum Gasteiger partial charge on any atom is 0.310 e. The number of hydrogen-bond acceptors (Lipinski definition) is 7. The Morgan fingerprint density at radius 3 is 2.39 bits per heavy atom. The summed E-state index contributed by atoms with van der Waals surface area (Å²) in [7, 11) is 4.11. The van der Waals surface area contributed by atoms with Crippen molar-refractivity contribution in [2.24, 2.45) is 0 Å². The first-order valence-electron chi connectivity index (χ1n) is 12.4. The van der Waals surface area contributed by atoms with Crippen LogP contribution < -0.4 is 0 Å². The van der Waals surface area contributed by atoms with Crippen molar-refractivity contribution in [2.75, 3.05) is 28.4 Å². The lowest BCUT2D eigenvalue weighted by molar-refractivity contribution is -0.297. The molecule has 1 heterocycles. The molecule has 1 rings (SSSR count). The number of halogens is 1. The largest absolute Gasteiger partial charge is 0.469 e. The summed E-state index contributed by atoms with van der Waals surface area (Å²) in [6.45, 7) is 13.1. The third-order valence-corrected chi connectivity index (χ3v) is 12.0. The molecule has 0 aromatic carbocycles. The predicted molar refractivity (Wildman–Crippen MR) is 150 cm³/mol.